The summed E-state index contributed by atoms with van der Waals surface area (Å²) in [7, 11) is 3.31. The summed E-state index contributed by atoms with van der Waals surface area (Å²) >= 11 is 0. The lowest BCUT2D eigenvalue weighted by Gasteiger charge is -1.96. The van der Waals surface area contributed by atoms with Gasteiger partial charge in [-0.05, 0) is 6.92 Å². The number of nitrogens with zero attached hydrogens (tertiary/aromatic N) is 2. The molecule has 17 heavy (non-hydrogen) atoms. The van der Waals surface area contributed by atoms with E-state index >= 15 is 0 Å². The van der Waals surface area contributed by atoms with Crippen molar-refractivity contribution < 1.29 is 23.9 Å². The first-order valence-electron chi connectivity index (χ1n) is 5.37. The fraction of sp³-hybridized carbons (Fsp3) is 0.636. The van der Waals surface area contributed by atoms with Crippen LogP contribution in [-0.2, 0) is 27.9 Å². The van der Waals surface area contributed by atoms with Crippen molar-refractivity contribution in [3.05, 3.63) is 18.7 Å². The van der Waals surface area contributed by atoms with Gasteiger partial charge in [-0.1, -0.05) is 0 Å². The highest BCUT2D eigenvalue weighted by Gasteiger charge is 1.97. The molecule has 6 heteroatoms. The van der Waals surface area contributed by atoms with Crippen molar-refractivity contribution in [2.24, 2.45) is 7.05 Å². The summed E-state index contributed by atoms with van der Waals surface area (Å²) in [5.74, 6) is -1.18. The highest BCUT2D eigenvalue weighted by atomic mass is 16.5. The molecule has 0 amide bonds. The lowest BCUT2D eigenvalue weighted by molar-refractivity contribution is -0.671. The van der Waals surface area contributed by atoms with Crippen molar-refractivity contribution in [2.45, 2.75) is 13.5 Å². The summed E-state index contributed by atoms with van der Waals surface area (Å²) in [5, 5.41) is 9.36. The van der Waals surface area contributed by atoms with Crippen LogP contribution in [0, 0.1) is 0 Å². The Bertz CT molecular complexity index is 312. The van der Waals surface area contributed by atoms with Crippen molar-refractivity contribution in [2.75, 3.05) is 26.9 Å². The van der Waals surface area contributed by atoms with Gasteiger partial charge in [0, 0.05) is 13.7 Å². The molecule has 1 rings (SSSR count). The summed E-state index contributed by atoms with van der Waals surface area (Å²) in [4.78, 5) is 9.36. The third-order valence-electron chi connectivity index (χ3n) is 1.78. The predicted octanol–water partition coefficient (Wildman–Crippen LogP) is -1.27. The lowest BCUT2D eigenvalue weighted by atomic mass is 10.6. The van der Waals surface area contributed by atoms with Crippen LogP contribution in [0.5, 0.6) is 0 Å². The molecule has 0 aliphatic heterocycles. The fourth-order valence-electron chi connectivity index (χ4n) is 1.07. The maximum Gasteiger partial charge on any atom is 0.243 e. The van der Waals surface area contributed by atoms with Gasteiger partial charge in [0.25, 0.3) is 0 Å². The second kappa shape index (κ2) is 9.80. The Morgan fingerprint density at radius 1 is 1.53 bits per heavy atom. The van der Waals surface area contributed by atoms with Crippen LogP contribution >= 0.6 is 0 Å². The monoisotopic (exact) mass is 244 g/mol. The molecule has 0 fully saturated rings. The van der Waals surface area contributed by atoms with Crippen molar-refractivity contribution in [1.29, 1.82) is 0 Å². The third-order valence-corrected chi connectivity index (χ3v) is 1.78. The number of carboxylic acid groups (broad SMARTS) is 1. The average Bonchev–Trinajstić information content (AvgIpc) is 2.65. The minimum Gasteiger partial charge on any atom is -0.548 e. The first-order chi connectivity index (χ1) is 8.10. The summed E-state index contributed by atoms with van der Waals surface area (Å²) < 4.78 is 13.5. The van der Waals surface area contributed by atoms with Gasteiger partial charge >= 0.3 is 0 Å². The number of imidazole rings is 1. The van der Waals surface area contributed by atoms with Crippen LogP contribution in [0.15, 0.2) is 18.7 Å². The normalized spacial score (nSPS) is 9.59. The molecule has 0 aliphatic rings. The maximum absolute atomic E-state index is 9.36. The molecule has 0 aromatic carbocycles. The van der Waals surface area contributed by atoms with Crippen molar-refractivity contribution in [3.8, 4) is 0 Å². The molecule has 0 unspecified atom stereocenters. The molecular weight excluding hydrogens is 224 g/mol. The number of aryl methyl sites for hydroxylation is 1. The number of aliphatic carboxylic acids is 1. The quantitative estimate of drug-likeness (QED) is 0.462. The van der Waals surface area contributed by atoms with Gasteiger partial charge in [0.15, 0.2) is 0 Å². The SMILES string of the molecule is CCOCCn1cc[n+](C)c1.COCC(=O)[O-]. The molecule has 1 aromatic heterocycles. The Balaban J connectivity index is 0.000000366. The zero-order valence-corrected chi connectivity index (χ0v) is 10.6. The minimum atomic E-state index is -1.18. The van der Waals surface area contributed by atoms with Crippen LogP contribution in [-0.4, -0.2) is 37.5 Å². The van der Waals surface area contributed by atoms with E-state index in [9.17, 15) is 9.90 Å². The van der Waals surface area contributed by atoms with E-state index in [1.165, 1.54) is 7.11 Å². The standard InChI is InChI=1S/C8H15N2O.C3H6O3/c1-3-11-7-6-10-5-4-9(2)8-10;1-6-2-3(4)5/h4-5,8H,3,6-7H2,1-2H3;2H2,1H3,(H,4,5)/q+1;/p-1. The van der Waals surface area contributed by atoms with E-state index in [4.69, 9.17) is 4.74 Å². The topological polar surface area (TPSA) is 67.4 Å². The van der Waals surface area contributed by atoms with Crippen LogP contribution in [0.2, 0.25) is 0 Å². The Hall–Kier alpha value is -1.40. The first kappa shape index (κ1) is 15.6. The van der Waals surface area contributed by atoms with Gasteiger partial charge in [-0.2, -0.15) is 0 Å². The van der Waals surface area contributed by atoms with Crippen molar-refractivity contribution in [1.82, 2.24) is 4.57 Å². The van der Waals surface area contributed by atoms with Crippen LogP contribution in [0.1, 0.15) is 6.92 Å². The molecule has 0 spiro atoms. The molecule has 0 bridgehead atoms. The molecule has 0 N–H and O–H groups in total. The summed E-state index contributed by atoms with van der Waals surface area (Å²) in [6.07, 6.45) is 6.10. The lowest BCUT2D eigenvalue weighted by Crippen LogP contribution is -2.26. The van der Waals surface area contributed by atoms with Gasteiger partial charge in [-0.25, -0.2) is 9.13 Å². The zero-order valence-electron chi connectivity index (χ0n) is 10.6. The maximum atomic E-state index is 9.36. The minimum absolute atomic E-state index is 0.319. The second-order valence-corrected chi connectivity index (χ2v) is 3.32. The van der Waals surface area contributed by atoms with E-state index in [0.717, 1.165) is 19.8 Å². The molecule has 98 valence electrons. The number of carbonyl (C=O) groups is 1. The van der Waals surface area contributed by atoms with Crippen LogP contribution in [0.25, 0.3) is 0 Å². The average molecular weight is 244 g/mol. The van der Waals surface area contributed by atoms with Crippen molar-refractivity contribution in [3.63, 3.8) is 0 Å². The molecule has 0 radical (unpaired) electrons. The summed E-state index contributed by atoms with van der Waals surface area (Å²) in [6.45, 7) is 4.23. The Kier molecular flexibility index (Phi) is 8.99. The molecule has 0 atom stereocenters. The van der Waals surface area contributed by atoms with E-state index in [0.29, 0.717) is 0 Å². The van der Waals surface area contributed by atoms with Crippen LogP contribution < -0.4 is 9.67 Å². The Morgan fingerprint density at radius 2 is 2.24 bits per heavy atom. The second-order valence-electron chi connectivity index (χ2n) is 3.32. The van der Waals surface area contributed by atoms with Gasteiger partial charge in [0.05, 0.1) is 26.2 Å². The predicted molar refractivity (Wildman–Crippen MR) is 59.0 cm³/mol. The molecule has 6 nitrogen and oxygen atoms in total. The molecule has 1 aromatic rings. The van der Waals surface area contributed by atoms with Gasteiger partial charge in [0.1, 0.15) is 18.9 Å². The van der Waals surface area contributed by atoms with E-state index in [1.807, 2.05) is 37.3 Å². The van der Waals surface area contributed by atoms with E-state index in [2.05, 4.69) is 9.30 Å². The number of aromatic nitrogens is 2. The van der Waals surface area contributed by atoms with E-state index in [1.54, 1.807) is 0 Å². The number of hydrogen-bond donors (Lipinski definition) is 0. The first-order valence-corrected chi connectivity index (χ1v) is 5.37. The van der Waals surface area contributed by atoms with Gasteiger partial charge in [0.2, 0.25) is 6.33 Å². The zero-order chi connectivity index (χ0) is 13.1. The number of rotatable bonds is 6. The molecular formula is C11H20N2O4. The molecule has 0 saturated heterocycles. The Morgan fingerprint density at radius 3 is 2.59 bits per heavy atom. The number of hydrogen-bond acceptors (Lipinski definition) is 4. The molecule has 0 saturated carbocycles. The van der Waals surface area contributed by atoms with Crippen LogP contribution in [0.4, 0.5) is 0 Å². The van der Waals surface area contributed by atoms with Gasteiger partial charge < -0.3 is 19.4 Å². The number of ether oxygens (including phenoxy) is 2. The van der Waals surface area contributed by atoms with E-state index < -0.39 is 5.97 Å². The van der Waals surface area contributed by atoms with E-state index in [-0.39, 0.29) is 6.61 Å². The third kappa shape index (κ3) is 9.52. The largest absolute Gasteiger partial charge is 0.548 e. The highest BCUT2D eigenvalue weighted by molar-refractivity contribution is 5.65. The number of carboxylic acids is 1. The summed E-state index contributed by atoms with van der Waals surface area (Å²) in [6, 6.07) is 0. The Labute approximate surface area is 101 Å². The summed E-state index contributed by atoms with van der Waals surface area (Å²) in [5.41, 5.74) is 0. The van der Waals surface area contributed by atoms with Gasteiger partial charge in [-0.15, -0.1) is 0 Å². The fourth-order valence-corrected chi connectivity index (χ4v) is 1.07. The smallest absolute Gasteiger partial charge is 0.243 e. The number of carbonyl (C=O) groups excluding carboxylic acids is 1. The van der Waals surface area contributed by atoms with Crippen LogP contribution in [0.3, 0.4) is 0 Å². The van der Waals surface area contributed by atoms with Crippen molar-refractivity contribution >= 4 is 5.97 Å². The molecule has 1 heterocycles. The van der Waals surface area contributed by atoms with Gasteiger partial charge in [-0.3, -0.25) is 0 Å². The molecule has 0 aliphatic carbocycles. The number of methoxy groups -OCH3 is 1. The highest BCUT2D eigenvalue weighted by Crippen LogP contribution is 1.84.